The lowest BCUT2D eigenvalue weighted by Gasteiger charge is -2.15. The monoisotopic (exact) mass is 261 g/mol. The molecule has 1 atom stereocenters. The van der Waals surface area contributed by atoms with E-state index in [2.05, 4.69) is 5.32 Å². The molecule has 1 fully saturated rings. The second-order valence-electron chi connectivity index (χ2n) is 5.30. The first-order valence-electron chi connectivity index (χ1n) is 6.56. The Balaban J connectivity index is 2.04. The molecular weight excluding hydrogens is 242 g/mol. The number of amides is 1. The number of carboxylic acids is 1. The summed E-state index contributed by atoms with van der Waals surface area (Å²) in [6, 6.07) is 5.04. The van der Waals surface area contributed by atoms with Crippen molar-refractivity contribution in [3.05, 3.63) is 34.9 Å². The standard InChI is InChI=1S/C15H19NO3/c1-9-3-4-11(7-10(9)2)8-13(15(18)19)16-14(17)12-5-6-12/h3-4,7,12-13H,5-6,8H2,1-2H3,(H,16,17)(H,18,19)/t13-/m1/s1. The molecule has 0 spiro atoms. The highest BCUT2D eigenvalue weighted by Crippen LogP contribution is 2.29. The Morgan fingerprint density at radius 3 is 2.53 bits per heavy atom. The number of benzene rings is 1. The molecule has 1 amide bonds. The van der Waals surface area contributed by atoms with Crippen molar-refractivity contribution in [2.75, 3.05) is 0 Å². The number of rotatable bonds is 5. The maximum Gasteiger partial charge on any atom is 0.326 e. The molecule has 102 valence electrons. The van der Waals surface area contributed by atoms with E-state index in [-0.39, 0.29) is 11.8 Å². The van der Waals surface area contributed by atoms with Gasteiger partial charge in [0.2, 0.25) is 5.91 Å². The molecule has 4 nitrogen and oxygen atoms in total. The van der Waals surface area contributed by atoms with Crippen LogP contribution in [0.15, 0.2) is 18.2 Å². The molecule has 0 aliphatic heterocycles. The van der Waals surface area contributed by atoms with Crippen molar-refractivity contribution in [2.45, 2.75) is 39.2 Å². The molecule has 0 unspecified atom stereocenters. The highest BCUT2D eigenvalue weighted by molar-refractivity contribution is 5.86. The van der Waals surface area contributed by atoms with Crippen molar-refractivity contribution in [3.8, 4) is 0 Å². The third-order valence-corrected chi connectivity index (χ3v) is 3.57. The third-order valence-electron chi connectivity index (χ3n) is 3.57. The number of carbonyl (C=O) groups is 2. The van der Waals surface area contributed by atoms with Crippen LogP contribution in [-0.2, 0) is 16.0 Å². The highest BCUT2D eigenvalue weighted by atomic mass is 16.4. The minimum atomic E-state index is -0.979. The van der Waals surface area contributed by atoms with Crippen LogP contribution in [0.3, 0.4) is 0 Å². The zero-order chi connectivity index (χ0) is 14.0. The minimum Gasteiger partial charge on any atom is -0.480 e. The fraction of sp³-hybridized carbons (Fsp3) is 0.467. The molecule has 0 radical (unpaired) electrons. The predicted molar refractivity (Wildman–Crippen MR) is 71.9 cm³/mol. The van der Waals surface area contributed by atoms with E-state index < -0.39 is 12.0 Å². The molecule has 0 heterocycles. The van der Waals surface area contributed by atoms with Crippen molar-refractivity contribution in [1.29, 1.82) is 0 Å². The molecule has 2 rings (SSSR count). The maximum absolute atomic E-state index is 11.7. The van der Waals surface area contributed by atoms with Crippen LogP contribution in [0.1, 0.15) is 29.5 Å². The lowest BCUT2D eigenvalue weighted by molar-refractivity contribution is -0.142. The van der Waals surface area contributed by atoms with Crippen LogP contribution >= 0.6 is 0 Å². The van der Waals surface area contributed by atoms with Gasteiger partial charge in [-0.2, -0.15) is 0 Å². The molecule has 19 heavy (non-hydrogen) atoms. The van der Waals surface area contributed by atoms with Gasteiger partial charge in [-0.3, -0.25) is 4.79 Å². The Bertz CT molecular complexity index is 506. The van der Waals surface area contributed by atoms with Crippen LogP contribution in [0.25, 0.3) is 0 Å². The Kier molecular flexibility index (Phi) is 3.88. The molecule has 1 aliphatic carbocycles. The fourth-order valence-corrected chi connectivity index (χ4v) is 2.00. The summed E-state index contributed by atoms with van der Waals surface area (Å²) in [4.78, 5) is 22.9. The van der Waals surface area contributed by atoms with Crippen molar-refractivity contribution >= 4 is 11.9 Å². The molecule has 1 saturated carbocycles. The second-order valence-corrected chi connectivity index (χ2v) is 5.30. The summed E-state index contributed by atoms with van der Waals surface area (Å²) in [5, 5.41) is 11.8. The molecule has 4 heteroatoms. The summed E-state index contributed by atoms with van der Waals surface area (Å²) < 4.78 is 0. The number of nitrogens with one attached hydrogen (secondary N) is 1. The zero-order valence-electron chi connectivity index (χ0n) is 11.3. The van der Waals surface area contributed by atoms with Gasteiger partial charge in [0.05, 0.1) is 0 Å². The van der Waals surface area contributed by atoms with E-state index in [9.17, 15) is 14.7 Å². The van der Waals surface area contributed by atoms with E-state index in [1.165, 1.54) is 5.56 Å². The third kappa shape index (κ3) is 3.56. The van der Waals surface area contributed by atoms with E-state index in [1.807, 2.05) is 32.0 Å². The summed E-state index contributed by atoms with van der Waals surface area (Å²) >= 11 is 0. The van der Waals surface area contributed by atoms with E-state index in [0.29, 0.717) is 6.42 Å². The molecule has 2 N–H and O–H groups in total. The van der Waals surface area contributed by atoms with Gasteiger partial charge in [-0.15, -0.1) is 0 Å². The van der Waals surface area contributed by atoms with Crippen LogP contribution in [0.5, 0.6) is 0 Å². The van der Waals surface area contributed by atoms with Crippen molar-refractivity contribution < 1.29 is 14.7 Å². The van der Waals surface area contributed by atoms with Crippen LogP contribution in [0, 0.1) is 19.8 Å². The number of hydrogen-bond acceptors (Lipinski definition) is 2. The van der Waals surface area contributed by atoms with Crippen LogP contribution < -0.4 is 5.32 Å². The maximum atomic E-state index is 11.7. The van der Waals surface area contributed by atoms with Gasteiger partial charge in [-0.1, -0.05) is 18.2 Å². The lowest BCUT2D eigenvalue weighted by atomic mass is 10.0. The number of carbonyl (C=O) groups excluding carboxylic acids is 1. The average molecular weight is 261 g/mol. The average Bonchev–Trinajstić information content (AvgIpc) is 3.16. The van der Waals surface area contributed by atoms with Gasteiger partial charge >= 0.3 is 5.97 Å². The van der Waals surface area contributed by atoms with Gasteiger partial charge in [0.25, 0.3) is 0 Å². The normalized spacial score (nSPS) is 15.9. The van der Waals surface area contributed by atoms with E-state index in [1.54, 1.807) is 0 Å². The Morgan fingerprint density at radius 1 is 1.32 bits per heavy atom. The summed E-state index contributed by atoms with van der Waals surface area (Å²) in [7, 11) is 0. The van der Waals surface area contributed by atoms with E-state index in [0.717, 1.165) is 24.0 Å². The van der Waals surface area contributed by atoms with Crippen molar-refractivity contribution in [1.82, 2.24) is 5.32 Å². The fourth-order valence-electron chi connectivity index (χ4n) is 2.00. The van der Waals surface area contributed by atoms with Gasteiger partial charge in [0.15, 0.2) is 0 Å². The smallest absolute Gasteiger partial charge is 0.326 e. The molecule has 0 bridgehead atoms. The second kappa shape index (κ2) is 5.43. The summed E-state index contributed by atoms with van der Waals surface area (Å²) in [5.74, 6) is -1.08. The van der Waals surface area contributed by atoms with Gasteiger partial charge in [0.1, 0.15) is 6.04 Å². The summed E-state index contributed by atoms with van der Waals surface area (Å²) in [6.07, 6.45) is 2.08. The first kappa shape index (κ1) is 13.6. The number of aryl methyl sites for hydroxylation is 2. The van der Waals surface area contributed by atoms with Crippen molar-refractivity contribution in [2.24, 2.45) is 5.92 Å². The SMILES string of the molecule is Cc1ccc(C[C@@H](NC(=O)C2CC2)C(=O)O)cc1C. The molecule has 1 aromatic carbocycles. The van der Waals surface area contributed by atoms with Gasteiger partial charge in [-0.25, -0.2) is 4.79 Å². The Hall–Kier alpha value is -1.84. The molecular formula is C15H19NO3. The van der Waals surface area contributed by atoms with Gasteiger partial charge in [-0.05, 0) is 43.4 Å². The van der Waals surface area contributed by atoms with E-state index in [4.69, 9.17) is 0 Å². The lowest BCUT2D eigenvalue weighted by Crippen LogP contribution is -2.43. The van der Waals surface area contributed by atoms with Crippen molar-refractivity contribution in [3.63, 3.8) is 0 Å². The first-order chi connectivity index (χ1) is 8.97. The first-order valence-corrected chi connectivity index (χ1v) is 6.56. The van der Waals surface area contributed by atoms with Gasteiger partial charge < -0.3 is 10.4 Å². The largest absolute Gasteiger partial charge is 0.480 e. The number of aliphatic carboxylic acids is 1. The Morgan fingerprint density at radius 2 is 2.00 bits per heavy atom. The molecule has 1 aromatic rings. The molecule has 0 saturated heterocycles. The summed E-state index contributed by atoms with van der Waals surface area (Å²) in [5.41, 5.74) is 3.25. The molecule has 0 aromatic heterocycles. The van der Waals surface area contributed by atoms with Crippen LogP contribution in [0.2, 0.25) is 0 Å². The van der Waals surface area contributed by atoms with E-state index >= 15 is 0 Å². The van der Waals surface area contributed by atoms with Crippen LogP contribution in [-0.4, -0.2) is 23.0 Å². The number of hydrogen-bond donors (Lipinski definition) is 2. The van der Waals surface area contributed by atoms with Crippen LogP contribution in [0.4, 0.5) is 0 Å². The van der Waals surface area contributed by atoms with Gasteiger partial charge in [0, 0.05) is 12.3 Å². The highest BCUT2D eigenvalue weighted by Gasteiger charge is 2.32. The quantitative estimate of drug-likeness (QED) is 0.849. The number of carboxylic acid groups (broad SMARTS) is 1. The minimum absolute atomic E-state index is 0.0293. The zero-order valence-corrected chi connectivity index (χ0v) is 11.3. The Labute approximate surface area is 112 Å². The molecule has 1 aliphatic rings. The summed E-state index contributed by atoms with van der Waals surface area (Å²) in [6.45, 7) is 4.01. The predicted octanol–water partition coefficient (Wildman–Crippen LogP) is 1.83. The topological polar surface area (TPSA) is 66.4 Å².